The van der Waals surface area contributed by atoms with E-state index in [4.69, 9.17) is 0 Å². The molecule has 1 heteroatoms. The lowest BCUT2D eigenvalue weighted by atomic mass is 9.81. The van der Waals surface area contributed by atoms with Crippen molar-refractivity contribution in [1.82, 2.24) is 0 Å². The molecule has 0 aliphatic rings. The lowest BCUT2D eigenvalue weighted by molar-refractivity contribution is 0.440. The van der Waals surface area contributed by atoms with E-state index in [0.29, 0.717) is 16.7 Å². The summed E-state index contributed by atoms with van der Waals surface area (Å²) in [5.41, 5.74) is 2.78. The second-order valence-corrected chi connectivity index (χ2v) is 6.12. The maximum atomic E-state index is 3.93. The van der Waals surface area contributed by atoms with Gasteiger partial charge < -0.3 is 0 Å². The van der Waals surface area contributed by atoms with Crippen LogP contribution in [0.1, 0.15) is 42.1 Å². The van der Waals surface area contributed by atoms with E-state index in [9.17, 15) is 0 Å². The summed E-state index contributed by atoms with van der Waals surface area (Å²) in [7, 11) is 0. The zero-order valence-electron chi connectivity index (χ0n) is 11.6. The molecule has 0 aromatic heterocycles. The first kappa shape index (κ1) is 14.3. The Hall–Kier alpha value is -1.08. The van der Waals surface area contributed by atoms with E-state index in [1.807, 2.05) is 0 Å². The third-order valence-electron chi connectivity index (χ3n) is 3.87. The summed E-state index contributed by atoms with van der Waals surface area (Å²) in [5, 5.41) is 0. The highest BCUT2D eigenvalue weighted by Gasteiger charge is 2.26. The van der Waals surface area contributed by atoms with Gasteiger partial charge in [0.2, 0.25) is 0 Å². The van der Waals surface area contributed by atoms with Crippen LogP contribution in [0, 0.1) is 5.92 Å². The first-order valence-corrected chi connectivity index (χ1v) is 7.89. The Bertz CT molecular complexity index is 478. The van der Waals surface area contributed by atoms with Crippen LogP contribution in [0.3, 0.4) is 0 Å². The molecule has 2 aromatic carbocycles. The number of rotatable bonds is 5. The minimum atomic E-state index is 0.367. The van der Waals surface area contributed by atoms with Crippen molar-refractivity contribution in [1.29, 1.82) is 0 Å². The van der Waals surface area contributed by atoms with Gasteiger partial charge in [0.1, 0.15) is 0 Å². The summed E-state index contributed by atoms with van der Waals surface area (Å²) < 4.78 is 0. The zero-order valence-corrected chi connectivity index (χ0v) is 13.2. The summed E-state index contributed by atoms with van der Waals surface area (Å²) in [6.45, 7) is 4.61. The average molecular weight is 317 g/mol. The van der Waals surface area contributed by atoms with Crippen LogP contribution in [0.25, 0.3) is 0 Å². The smallest absolute Gasteiger partial charge is 0.0466 e. The van der Waals surface area contributed by atoms with Gasteiger partial charge in [0.15, 0.2) is 0 Å². The lowest BCUT2D eigenvalue weighted by Gasteiger charge is -2.28. The van der Waals surface area contributed by atoms with Gasteiger partial charge in [-0.1, -0.05) is 96.9 Å². The topological polar surface area (TPSA) is 0 Å². The van der Waals surface area contributed by atoms with E-state index >= 15 is 0 Å². The minimum absolute atomic E-state index is 0.367. The van der Waals surface area contributed by atoms with E-state index in [0.717, 1.165) is 0 Å². The van der Waals surface area contributed by atoms with Crippen LogP contribution in [0.4, 0.5) is 0 Å². The second kappa shape index (κ2) is 6.91. The first-order chi connectivity index (χ1) is 9.24. The summed E-state index contributed by atoms with van der Waals surface area (Å²) >= 11 is 3.93. The van der Waals surface area contributed by atoms with Gasteiger partial charge in [-0.25, -0.2) is 0 Å². The Morgan fingerprint density at radius 2 is 1.32 bits per heavy atom. The van der Waals surface area contributed by atoms with E-state index in [1.54, 1.807) is 0 Å². The number of halogens is 1. The average Bonchev–Trinajstić information content (AvgIpc) is 2.49. The molecule has 3 unspecified atom stereocenters. The van der Waals surface area contributed by atoms with Crippen molar-refractivity contribution in [3.8, 4) is 0 Å². The van der Waals surface area contributed by atoms with Crippen LogP contribution in [-0.4, -0.2) is 0 Å². The number of alkyl halides is 1. The third kappa shape index (κ3) is 3.48. The first-order valence-electron chi connectivity index (χ1n) is 6.98. The maximum absolute atomic E-state index is 3.93. The second-order valence-electron chi connectivity index (χ2n) is 5.13. The fraction of sp³-hybridized carbons (Fsp3) is 0.333. The molecule has 0 aliphatic heterocycles. The molecule has 2 rings (SSSR count). The molecule has 0 amide bonds. The SMILES string of the molecule is CCC(C)C(c1ccccc1)C(Br)c1ccccc1. The van der Waals surface area contributed by atoms with Gasteiger partial charge in [0.25, 0.3) is 0 Å². The Morgan fingerprint density at radius 1 is 0.842 bits per heavy atom. The molecule has 100 valence electrons. The van der Waals surface area contributed by atoms with Crippen LogP contribution in [0.2, 0.25) is 0 Å². The fourth-order valence-corrected chi connectivity index (χ4v) is 3.69. The highest BCUT2D eigenvalue weighted by atomic mass is 79.9. The molecule has 0 spiro atoms. The van der Waals surface area contributed by atoms with E-state index in [-0.39, 0.29) is 0 Å². The van der Waals surface area contributed by atoms with Gasteiger partial charge >= 0.3 is 0 Å². The Kier molecular flexibility index (Phi) is 5.21. The van der Waals surface area contributed by atoms with Crippen molar-refractivity contribution in [2.75, 3.05) is 0 Å². The Morgan fingerprint density at radius 3 is 1.79 bits per heavy atom. The van der Waals surface area contributed by atoms with Gasteiger partial charge in [-0.15, -0.1) is 0 Å². The largest absolute Gasteiger partial charge is 0.0832 e. The van der Waals surface area contributed by atoms with Crippen molar-refractivity contribution in [3.05, 3.63) is 71.8 Å². The number of benzene rings is 2. The predicted octanol–water partition coefficient (Wildman–Crippen LogP) is 5.95. The molecule has 0 saturated carbocycles. The maximum Gasteiger partial charge on any atom is 0.0466 e. The molecule has 0 nitrogen and oxygen atoms in total. The van der Waals surface area contributed by atoms with E-state index in [1.165, 1.54) is 17.5 Å². The highest BCUT2D eigenvalue weighted by Crippen LogP contribution is 2.43. The van der Waals surface area contributed by atoms with Crippen molar-refractivity contribution in [2.24, 2.45) is 5.92 Å². The van der Waals surface area contributed by atoms with Crippen molar-refractivity contribution < 1.29 is 0 Å². The molecule has 2 aromatic rings. The summed E-state index contributed by atoms with van der Waals surface area (Å²) in [5.74, 6) is 1.15. The van der Waals surface area contributed by atoms with Crippen LogP contribution in [0.5, 0.6) is 0 Å². The predicted molar refractivity (Wildman–Crippen MR) is 86.7 cm³/mol. The molecular weight excluding hydrogens is 296 g/mol. The van der Waals surface area contributed by atoms with Gasteiger partial charge in [0.05, 0.1) is 0 Å². The monoisotopic (exact) mass is 316 g/mol. The summed E-state index contributed by atoms with van der Waals surface area (Å²) in [6.07, 6.45) is 1.19. The summed E-state index contributed by atoms with van der Waals surface area (Å²) in [4.78, 5) is 0.367. The van der Waals surface area contributed by atoms with E-state index in [2.05, 4.69) is 90.4 Å². The minimum Gasteiger partial charge on any atom is -0.0832 e. The van der Waals surface area contributed by atoms with Crippen molar-refractivity contribution in [2.45, 2.75) is 31.0 Å². The molecule has 3 atom stereocenters. The van der Waals surface area contributed by atoms with Gasteiger partial charge in [-0.2, -0.15) is 0 Å². The summed E-state index contributed by atoms with van der Waals surface area (Å²) in [6, 6.07) is 21.6. The quantitative estimate of drug-likeness (QED) is 0.598. The van der Waals surface area contributed by atoms with Crippen LogP contribution in [-0.2, 0) is 0 Å². The van der Waals surface area contributed by atoms with Gasteiger partial charge in [0, 0.05) is 10.7 Å². The Labute approximate surface area is 125 Å². The highest BCUT2D eigenvalue weighted by molar-refractivity contribution is 9.09. The molecule has 0 heterocycles. The Balaban J connectivity index is 2.34. The molecule has 0 saturated heterocycles. The van der Waals surface area contributed by atoms with Crippen LogP contribution >= 0.6 is 15.9 Å². The molecule has 0 bridgehead atoms. The van der Waals surface area contributed by atoms with Crippen LogP contribution < -0.4 is 0 Å². The van der Waals surface area contributed by atoms with Gasteiger partial charge in [-0.3, -0.25) is 0 Å². The van der Waals surface area contributed by atoms with Crippen LogP contribution in [0.15, 0.2) is 60.7 Å². The van der Waals surface area contributed by atoms with Crippen molar-refractivity contribution >= 4 is 15.9 Å². The normalized spacial score (nSPS) is 15.7. The lowest BCUT2D eigenvalue weighted by Crippen LogP contribution is -2.14. The van der Waals surface area contributed by atoms with Crippen molar-refractivity contribution in [3.63, 3.8) is 0 Å². The van der Waals surface area contributed by atoms with Gasteiger partial charge in [-0.05, 0) is 17.0 Å². The molecule has 0 fully saturated rings. The fourth-order valence-electron chi connectivity index (χ4n) is 2.56. The molecule has 19 heavy (non-hydrogen) atoms. The third-order valence-corrected chi connectivity index (χ3v) is 4.97. The molecule has 0 N–H and O–H groups in total. The molecular formula is C18H21Br. The number of hydrogen-bond acceptors (Lipinski definition) is 0. The number of hydrogen-bond donors (Lipinski definition) is 0. The molecule has 0 aliphatic carbocycles. The van der Waals surface area contributed by atoms with E-state index < -0.39 is 0 Å². The molecule has 0 radical (unpaired) electrons. The standard InChI is InChI=1S/C18H21Br/c1-3-14(2)17(15-10-6-4-7-11-15)18(19)16-12-8-5-9-13-16/h4-14,17-18H,3H2,1-2H3. The zero-order chi connectivity index (χ0) is 13.7.